The first-order chi connectivity index (χ1) is 8.92. The van der Waals surface area contributed by atoms with Gasteiger partial charge in [0, 0.05) is 26.8 Å². The molecule has 0 saturated heterocycles. The van der Waals surface area contributed by atoms with E-state index in [2.05, 4.69) is 10.0 Å². The Labute approximate surface area is 113 Å². The van der Waals surface area contributed by atoms with Gasteiger partial charge in [-0.25, -0.2) is 13.1 Å². The second-order valence-corrected chi connectivity index (χ2v) is 5.77. The molecule has 6 nitrogen and oxygen atoms in total. The van der Waals surface area contributed by atoms with Crippen LogP contribution in [0.25, 0.3) is 0 Å². The highest BCUT2D eigenvalue weighted by Gasteiger charge is 2.19. The number of nitrogens with zero attached hydrogens (tertiary/aromatic N) is 1. The van der Waals surface area contributed by atoms with Crippen molar-refractivity contribution >= 4 is 15.9 Å². The molecule has 19 heavy (non-hydrogen) atoms. The zero-order valence-electron chi connectivity index (χ0n) is 11.3. The van der Waals surface area contributed by atoms with Gasteiger partial charge in [-0.05, 0) is 19.4 Å². The molecular weight excluding hydrogens is 266 g/mol. The molecule has 0 aliphatic carbocycles. The molecule has 0 atom stereocenters. The Morgan fingerprint density at radius 1 is 1.47 bits per heavy atom. The minimum atomic E-state index is -3.57. The third kappa shape index (κ3) is 3.93. The first-order valence-corrected chi connectivity index (χ1v) is 7.40. The van der Waals surface area contributed by atoms with Crippen LogP contribution in [0.3, 0.4) is 0 Å². The maximum Gasteiger partial charge on any atom is 0.267 e. The van der Waals surface area contributed by atoms with E-state index in [9.17, 15) is 13.2 Å². The van der Waals surface area contributed by atoms with E-state index in [-0.39, 0.29) is 10.8 Å². The summed E-state index contributed by atoms with van der Waals surface area (Å²) in [6.45, 7) is 2.21. The second kappa shape index (κ2) is 6.53. The molecule has 106 valence electrons. The van der Waals surface area contributed by atoms with E-state index in [1.807, 2.05) is 19.1 Å². The summed E-state index contributed by atoms with van der Waals surface area (Å²) >= 11 is 0. The number of rotatable bonds is 6. The Morgan fingerprint density at radius 2 is 2.16 bits per heavy atom. The molecule has 1 amide bonds. The highest BCUT2D eigenvalue weighted by Crippen LogP contribution is 2.13. The number of carbonyl (C=O) groups is 1. The SMILES string of the molecule is C/C=C/CCNS(=O)(=O)c1cc(C(=O)NC)n(C)c1. The first kappa shape index (κ1) is 15.5. The van der Waals surface area contributed by atoms with Crippen LogP contribution in [0.1, 0.15) is 23.8 Å². The van der Waals surface area contributed by atoms with Gasteiger partial charge in [-0.3, -0.25) is 4.79 Å². The highest BCUT2D eigenvalue weighted by atomic mass is 32.2. The molecule has 0 unspecified atom stereocenters. The predicted octanol–water partition coefficient (Wildman–Crippen LogP) is 0.629. The number of nitrogens with one attached hydrogen (secondary N) is 2. The van der Waals surface area contributed by atoms with E-state index in [1.54, 1.807) is 7.05 Å². The first-order valence-electron chi connectivity index (χ1n) is 5.91. The molecule has 0 aliphatic rings. The van der Waals surface area contributed by atoms with Crippen LogP contribution in [0, 0.1) is 0 Å². The number of hydrogen-bond donors (Lipinski definition) is 2. The van der Waals surface area contributed by atoms with Crippen molar-refractivity contribution in [2.75, 3.05) is 13.6 Å². The molecule has 7 heteroatoms. The molecule has 0 saturated carbocycles. The Morgan fingerprint density at radius 3 is 2.74 bits per heavy atom. The molecule has 1 heterocycles. The summed E-state index contributed by atoms with van der Waals surface area (Å²) in [5, 5.41) is 2.46. The zero-order chi connectivity index (χ0) is 14.5. The third-order valence-corrected chi connectivity index (χ3v) is 4.02. The van der Waals surface area contributed by atoms with E-state index >= 15 is 0 Å². The molecular formula is C12H19N3O3S. The Bertz CT molecular complexity index is 573. The molecule has 0 radical (unpaired) electrons. The summed E-state index contributed by atoms with van der Waals surface area (Å²) in [7, 11) is -0.442. The van der Waals surface area contributed by atoms with Crippen LogP contribution < -0.4 is 10.0 Å². The maximum atomic E-state index is 12.0. The molecule has 0 bridgehead atoms. The Hall–Kier alpha value is -1.60. The summed E-state index contributed by atoms with van der Waals surface area (Å²) in [5.74, 6) is -0.321. The molecule has 1 rings (SSSR count). The van der Waals surface area contributed by atoms with Gasteiger partial charge in [-0.1, -0.05) is 12.2 Å². The van der Waals surface area contributed by atoms with Crippen LogP contribution in [-0.4, -0.2) is 32.5 Å². The standard InChI is InChI=1S/C12H19N3O3S/c1-4-5-6-7-14-19(17,18)10-8-11(12(16)13-2)15(3)9-10/h4-5,8-9,14H,6-7H2,1-3H3,(H,13,16)/b5-4+. The Kier molecular flexibility index (Phi) is 5.31. The lowest BCUT2D eigenvalue weighted by Gasteiger charge is -2.02. The van der Waals surface area contributed by atoms with Crippen molar-refractivity contribution in [3.63, 3.8) is 0 Å². The van der Waals surface area contributed by atoms with Gasteiger partial charge in [0.05, 0.1) is 0 Å². The number of aromatic nitrogens is 1. The van der Waals surface area contributed by atoms with E-state index in [4.69, 9.17) is 0 Å². The average Bonchev–Trinajstić information content (AvgIpc) is 2.77. The summed E-state index contributed by atoms with van der Waals surface area (Å²) in [4.78, 5) is 11.6. The quantitative estimate of drug-likeness (QED) is 0.594. The molecule has 0 aliphatic heterocycles. The highest BCUT2D eigenvalue weighted by molar-refractivity contribution is 7.89. The zero-order valence-corrected chi connectivity index (χ0v) is 12.1. The van der Waals surface area contributed by atoms with Gasteiger partial charge in [0.1, 0.15) is 10.6 Å². The van der Waals surface area contributed by atoms with E-state index in [1.165, 1.54) is 23.9 Å². The van der Waals surface area contributed by atoms with Crippen LogP contribution >= 0.6 is 0 Å². The van der Waals surface area contributed by atoms with Crippen molar-refractivity contribution < 1.29 is 13.2 Å². The van der Waals surface area contributed by atoms with Crippen molar-refractivity contribution in [2.24, 2.45) is 7.05 Å². The summed E-state index contributed by atoms with van der Waals surface area (Å²) in [6.07, 6.45) is 5.79. The number of carbonyl (C=O) groups excluding carboxylic acids is 1. The molecule has 0 spiro atoms. The molecule has 1 aromatic heterocycles. The van der Waals surface area contributed by atoms with Crippen LogP contribution in [0.15, 0.2) is 29.3 Å². The van der Waals surface area contributed by atoms with Gasteiger partial charge in [0.25, 0.3) is 5.91 Å². The van der Waals surface area contributed by atoms with Crippen LogP contribution in [-0.2, 0) is 17.1 Å². The van der Waals surface area contributed by atoms with E-state index in [0.717, 1.165) is 0 Å². The van der Waals surface area contributed by atoms with Crippen molar-refractivity contribution in [1.29, 1.82) is 0 Å². The normalized spacial score (nSPS) is 11.9. The lowest BCUT2D eigenvalue weighted by Crippen LogP contribution is -2.24. The van der Waals surface area contributed by atoms with E-state index in [0.29, 0.717) is 18.7 Å². The number of allylic oxidation sites excluding steroid dienone is 1. The number of amides is 1. The van der Waals surface area contributed by atoms with Crippen LogP contribution in [0.2, 0.25) is 0 Å². The smallest absolute Gasteiger partial charge is 0.267 e. The number of hydrogen-bond acceptors (Lipinski definition) is 3. The largest absolute Gasteiger partial charge is 0.354 e. The second-order valence-electron chi connectivity index (χ2n) is 4.01. The summed E-state index contributed by atoms with van der Waals surface area (Å²) in [5.41, 5.74) is 0.302. The van der Waals surface area contributed by atoms with Crippen molar-refractivity contribution in [1.82, 2.24) is 14.6 Å². The average molecular weight is 285 g/mol. The number of aryl methyl sites for hydroxylation is 1. The van der Waals surface area contributed by atoms with Gasteiger partial charge in [-0.15, -0.1) is 0 Å². The van der Waals surface area contributed by atoms with Gasteiger partial charge in [0.15, 0.2) is 0 Å². The maximum absolute atomic E-state index is 12.0. The summed E-state index contributed by atoms with van der Waals surface area (Å²) < 4.78 is 28.0. The lowest BCUT2D eigenvalue weighted by molar-refractivity contribution is 0.0955. The van der Waals surface area contributed by atoms with Gasteiger partial charge in [0.2, 0.25) is 10.0 Å². The minimum Gasteiger partial charge on any atom is -0.354 e. The molecule has 1 aromatic rings. The fraction of sp³-hybridized carbons (Fsp3) is 0.417. The van der Waals surface area contributed by atoms with Gasteiger partial charge in [-0.2, -0.15) is 0 Å². The van der Waals surface area contributed by atoms with E-state index < -0.39 is 10.0 Å². The fourth-order valence-corrected chi connectivity index (χ4v) is 2.68. The monoisotopic (exact) mass is 285 g/mol. The van der Waals surface area contributed by atoms with Crippen LogP contribution in [0.5, 0.6) is 0 Å². The third-order valence-electron chi connectivity index (χ3n) is 2.59. The predicted molar refractivity (Wildman–Crippen MR) is 73.4 cm³/mol. The van der Waals surface area contributed by atoms with Crippen LogP contribution in [0.4, 0.5) is 0 Å². The van der Waals surface area contributed by atoms with Crippen molar-refractivity contribution in [2.45, 2.75) is 18.2 Å². The molecule has 0 fully saturated rings. The Balaban J connectivity index is 2.87. The topological polar surface area (TPSA) is 80.2 Å². The molecule has 0 aromatic carbocycles. The molecule has 2 N–H and O–H groups in total. The summed E-state index contributed by atoms with van der Waals surface area (Å²) in [6, 6.07) is 1.36. The fourth-order valence-electron chi connectivity index (χ4n) is 1.56. The van der Waals surface area contributed by atoms with Gasteiger partial charge >= 0.3 is 0 Å². The van der Waals surface area contributed by atoms with Crippen molar-refractivity contribution in [3.05, 3.63) is 30.1 Å². The van der Waals surface area contributed by atoms with Gasteiger partial charge < -0.3 is 9.88 Å². The van der Waals surface area contributed by atoms with Crippen molar-refractivity contribution in [3.8, 4) is 0 Å². The number of sulfonamides is 1. The lowest BCUT2D eigenvalue weighted by atomic mass is 10.4. The minimum absolute atomic E-state index is 0.0917.